The Morgan fingerprint density at radius 3 is 2.77 bits per heavy atom. The van der Waals surface area contributed by atoms with Crippen LogP contribution in [0.15, 0.2) is 40.9 Å². The molecule has 1 aliphatic rings. The smallest absolute Gasteiger partial charge is 0.258 e. The number of nitrogens with one attached hydrogen (secondary N) is 1. The van der Waals surface area contributed by atoms with Gasteiger partial charge in [-0.2, -0.15) is 4.98 Å². The van der Waals surface area contributed by atoms with Crippen molar-refractivity contribution in [2.24, 2.45) is 0 Å². The van der Waals surface area contributed by atoms with Gasteiger partial charge in [-0.05, 0) is 56.0 Å². The first-order valence-electron chi connectivity index (χ1n) is 10.4. The summed E-state index contributed by atoms with van der Waals surface area (Å²) in [7, 11) is 0. The monoisotopic (exact) mass is 409 g/mol. The van der Waals surface area contributed by atoms with Gasteiger partial charge in [-0.1, -0.05) is 23.4 Å². The number of nitrogens with zero attached hydrogens (tertiary/aromatic N) is 2. The van der Waals surface area contributed by atoms with Gasteiger partial charge in [-0.25, -0.2) is 0 Å². The highest BCUT2D eigenvalue weighted by atomic mass is 16.5. The Labute approximate surface area is 176 Å². The maximum absolute atomic E-state index is 9.11. The lowest BCUT2D eigenvalue weighted by Crippen LogP contribution is -2.22. The molecule has 1 unspecified atom stereocenters. The summed E-state index contributed by atoms with van der Waals surface area (Å²) in [5.74, 6) is 2.39. The summed E-state index contributed by atoms with van der Waals surface area (Å²) in [6.45, 7) is 5.70. The van der Waals surface area contributed by atoms with Crippen LogP contribution in [-0.2, 0) is 6.42 Å². The predicted octanol–water partition coefficient (Wildman–Crippen LogP) is 3.77. The van der Waals surface area contributed by atoms with Crippen molar-refractivity contribution >= 4 is 0 Å². The zero-order chi connectivity index (χ0) is 20.9. The van der Waals surface area contributed by atoms with Crippen molar-refractivity contribution in [3.05, 3.63) is 47.5 Å². The predicted molar refractivity (Wildman–Crippen MR) is 114 cm³/mol. The summed E-state index contributed by atoms with van der Waals surface area (Å²) in [6.07, 6.45) is 1.93. The van der Waals surface area contributed by atoms with E-state index in [1.165, 1.54) is 11.1 Å². The molecule has 2 N–H and O–H groups in total. The van der Waals surface area contributed by atoms with Gasteiger partial charge in [-0.3, -0.25) is 0 Å². The standard InChI is InChI=1S/C23H27N3O4/c1-3-28-20-11-8-15(14-21(20)29-4-2)23-25-22(26-30-23)18-7-5-6-17-16(18)9-10-19(17)24-12-13-27/h5-8,11,14,19,24,27H,3-4,9-10,12-13H2,1-2H3. The lowest BCUT2D eigenvalue weighted by Gasteiger charge is -2.13. The molecule has 0 amide bonds. The summed E-state index contributed by atoms with van der Waals surface area (Å²) >= 11 is 0. The molecule has 1 aromatic heterocycles. The number of hydrogen-bond donors (Lipinski definition) is 2. The minimum atomic E-state index is 0.131. The summed E-state index contributed by atoms with van der Waals surface area (Å²) < 4.78 is 16.9. The molecule has 3 aromatic rings. The van der Waals surface area contributed by atoms with Crippen LogP contribution in [0.1, 0.15) is 37.4 Å². The molecule has 7 nitrogen and oxygen atoms in total. The van der Waals surface area contributed by atoms with E-state index in [-0.39, 0.29) is 12.6 Å². The van der Waals surface area contributed by atoms with Gasteiger partial charge < -0.3 is 24.4 Å². The SMILES string of the molecule is CCOc1ccc(-c2nc(-c3cccc4c3CCC4NCCO)no2)cc1OCC. The number of aliphatic hydroxyl groups excluding tert-OH is 1. The molecule has 158 valence electrons. The highest BCUT2D eigenvalue weighted by Crippen LogP contribution is 2.38. The molecule has 30 heavy (non-hydrogen) atoms. The second-order valence-corrected chi connectivity index (χ2v) is 7.09. The van der Waals surface area contributed by atoms with Gasteiger partial charge in [-0.15, -0.1) is 0 Å². The molecule has 0 radical (unpaired) electrons. The number of aromatic nitrogens is 2. The molecule has 1 aliphatic carbocycles. The van der Waals surface area contributed by atoms with Crippen LogP contribution in [0.2, 0.25) is 0 Å². The molecule has 0 bridgehead atoms. The first kappa shape index (κ1) is 20.4. The number of rotatable bonds is 9. The minimum absolute atomic E-state index is 0.131. The Morgan fingerprint density at radius 2 is 1.97 bits per heavy atom. The lowest BCUT2D eigenvalue weighted by molar-refractivity contribution is 0.284. The molecule has 0 saturated carbocycles. The Balaban J connectivity index is 1.63. The molecule has 0 aliphatic heterocycles. The van der Waals surface area contributed by atoms with E-state index in [0.29, 0.717) is 43.0 Å². The maximum atomic E-state index is 9.11. The molecule has 2 aromatic carbocycles. The van der Waals surface area contributed by atoms with Crippen LogP contribution >= 0.6 is 0 Å². The Bertz CT molecular complexity index is 1000. The van der Waals surface area contributed by atoms with Gasteiger partial charge >= 0.3 is 0 Å². The summed E-state index contributed by atoms with van der Waals surface area (Å²) in [4.78, 5) is 4.66. The van der Waals surface area contributed by atoms with Crippen LogP contribution in [-0.4, -0.2) is 41.6 Å². The number of hydrogen-bond acceptors (Lipinski definition) is 7. The van der Waals surface area contributed by atoms with E-state index in [1.54, 1.807) is 0 Å². The van der Waals surface area contributed by atoms with Gasteiger partial charge in [0.1, 0.15) is 0 Å². The second-order valence-electron chi connectivity index (χ2n) is 7.09. The number of fused-ring (bicyclic) bond motifs is 1. The molecule has 0 spiro atoms. The topological polar surface area (TPSA) is 89.6 Å². The van der Waals surface area contributed by atoms with Crippen molar-refractivity contribution in [3.63, 3.8) is 0 Å². The largest absolute Gasteiger partial charge is 0.490 e. The van der Waals surface area contributed by atoms with Gasteiger partial charge in [0.05, 0.1) is 19.8 Å². The van der Waals surface area contributed by atoms with E-state index in [0.717, 1.165) is 24.0 Å². The molecule has 4 rings (SSSR count). The summed E-state index contributed by atoms with van der Waals surface area (Å²) in [5, 5.41) is 16.7. The van der Waals surface area contributed by atoms with Crippen molar-refractivity contribution in [1.82, 2.24) is 15.5 Å². The van der Waals surface area contributed by atoms with E-state index in [1.807, 2.05) is 44.2 Å². The van der Waals surface area contributed by atoms with E-state index in [4.69, 9.17) is 19.1 Å². The fourth-order valence-corrected chi connectivity index (χ4v) is 3.95. The van der Waals surface area contributed by atoms with Gasteiger partial charge in [0.25, 0.3) is 5.89 Å². The minimum Gasteiger partial charge on any atom is -0.490 e. The quantitative estimate of drug-likeness (QED) is 0.556. The lowest BCUT2D eigenvalue weighted by atomic mass is 10.0. The van der Waals surface area contributed by atoms with Crippen LogP contribution < -0.4 is 14.8 Å². The molecular weight excluding hydrogens is 382 g/mol. The highest BCUT2D eigenvalue weighted by Gasteiger charge is 2.26. The van der Waals surface area contributed by atoms with Crippen molar-refractivity contribution in [2.45, 2.75) is 32.7 Å². The fourth-order valence-electron chi connectivity index (χ4n) is 3.95. The zero-order valence-electron chi connectivity index (χ0n) is 17.4. The average Bonchev–Trinajstić information content (AvgIpc) is 3.41. The summed E-state index contributed by atoms with van der Waals surface area (Å²) in [5.41, 5.74) is 4.26. The molecule has 1 atom stereocenters. The molecule has 1 heterocycles. The Morgan fingerprint density at radius 1 is 1.13 bits per heavy atom. The average molecular weight is 409 g/mol. The van der Waals surface area contributed by atoms with Gasteiger partial charge in [0.15, 0.2) is 11.5 Å². The van der Waals surface area contributed by atoms with E-state index in [9.17, 15) is 0 Å². The van der Waals surface area contributed by atoms with Crippen molar-refractivity contribution in [2.75, 3.05) is 26.4 Å². The van der Waals surface area contributed by atoms with Gasteiger partial charge in [0, 0.05) is 23.7 Å². The Kier molecular flexibility index (Phi) is 6.30. The van der Waals surface area contributed by atoms with Crippen LogP contribution in [0.25, 0.3) is 22.8 Å². The summed E-state index contributed by atoms with van der Waals surface area (Å²) in [6, 6.07) is 12.1. The third kappa shape index (κ3) is 4.04. The van der Waals surface area contributed by atoms with E-state index in [2.05, 4.69) is 21.5 Å². The second kappa shape index (κ2) is 9.28. The zero-order valence-corrected chi connectivity index (χ0v) is 17.4. The maximum Gasteiger partial charge on any atom is 0.258 e. The number of ether oxygens (including phenoxy) is 2. The van der Waals surface area contributed by atoms with E-state index < -0.39 is 0 Å². The van der Waals surface area contributed by atoms with Gasteiger partial charge in [0.2, 0.25) is 5.82 Å². The van der Waals surface area contributed by atoms with E-state index >= 15 is 0 Å². The molecule has 0 fully saturated rings. The third-order valence-corrected chi connectivity index (χ3v) is 5.23. The van der Waals surface area contributed by atoms with Crippen LogP contribution in [0.3, 0.4) is 0 Å². The number of benzene rings is 2. The number of aliphatic hydroxyl groups is 1. The normalized spacial score (nSPS) is 15.2. The first-order chi connectivity index (χ1) is 14.7. The Hall–Kier alpha value is -2.90. The molecule has 0 saturated heterocycles. The highest BCUT2D eigenvalue weighted by molar-refractivity contribution is 5.67. The fraction of sp³-hybridized carbons (Fsp3) is 0.391. The molecular formula is C23H27N3O4. The van der Waals surface area contributed by atoms with Crippen LogP contribution in [0, 0.1) is 0 Å². The first-order valence-corrected chi connectivity index (χ1v) is 10.4. The van der Waals surface area contributed by atoms with Crippen molar-refractivity contribution < 1.29 is 19.1 Å². The third-order valence-electron chi connectivity index (χ3n) is 5.23. The van der Waals surface area contributed by atoms with Crippen molar-refractivity contribution in [1.29, 1.82) is 0 Å². The van der Waals surface area contributed by atoms with Crippen LogP contribution in [0.5, 0.6) is 11.5 Å². The molecule has 7 heteroatoms. The van der Waals surface area contributed by atoms with Crippen molar-refractivity contribution in [3.8, 4) is 34.3 Å². The van der Waals surface area contributed by atoms with Crippen LogP contribution in [0.4, 0.5) is 0 Å².